The van der Waals surface area contributed by atoms with Crippen molar-refractivity contribution in [3.63, 3.8) is 0 Å². The summed E-state index contributed by atoms with van der Waals surface area (Å²) >= 11 is 5.95. The van der Waals surface area contributed by atoms with Crippen LogP contribution in [0.2, 0.25) is 5.02 Å². The first kappa shape index (κ1) is 18.5. The number of ether oxygens (including phenoxy) is 2. The van der Waals surface area contributed by atoms with E-state index in [9.17, 15) is 0 Å². The van der Waals surface area contributed by atoms with Gasteiger partial charge in [-0.1, -0.05) is 29.8 Å². The molecule has 1 N–H and O–H groups in total. The number of piperazine rings is 1. The molecule has 2 aromatic carbocycles. The molecular weight excluding hydrogens is 350 g/mol. The molecule has 0 bridgehead atoms. The third-order valence-corrected chi connectivity index (χ3v) is 4.86. The van der Waals surface area contributed by atoms with Crippen LogP contribution in [0, 0.1) is 0 Å². The van der Waals surface area contributed by atoms with E-state index in [4.69, 9.17) is 21.1 Å². The van der Waals surface area contributed by atoms with Crippen LogP contribution in [-0.4, -0.2) is 51.6 Å². The lowest BCUT2D eigenvalue weighted by Gasteiger charge is -2.30. The molecule has 138 valence electrons. The number of methoxy groups -OCH3 is 2. The summed E-state index contributed by atoms with van der Waals surface area (Å²) in [6.07, 6.45) is 1.85. The van der Waals surface area contributed by atoms with Gasteiger partial charge in [-0.3, -0.25) is 5.01 Å². The van der Waals surface area contributed by atoms with Crippen molar-refractivity contribution in [2.24, 2.45) is 5.10 Å². The van der Waals surface area contributed by atoms with Gasteiger partial charge in [0.1, 0.15) is 6.54 Å². The molecule has 0 unspecified atom stereocenters. The third-order valence-electron chi connectivity index (χ3n) is 4.61. The lowest BCUT2D eigenvalue weighted by Crippen LogP contribution is -3.13. The monoisotopic (exact) mass is 374 g/mol. The summed E-state index contributed by atoms with van der Waals surface area (Å²) < 4.78 is 10.8. The minimum Gasteiger partial charge on any atom is -0.493 e. The number of quaternary nitrogens is 1. The average Bonchev–Trinajstić information content (AvgIpc) is 2.68. The fourth-order valence-corrected chi connectivity index (χ4v) is 3.28. The molecule has 6 heteroatoms. The van der Waals surface area contributed by atoms with Crippen LogP contribution in [0.25, 0.3) is 0 Å². The Morgan fingerprint density at radius 3 is 2.46 bits per heavy atom. The van der Waals surface area contributed by atoms with E-state index in [1.165, 1.54) is 5.56 Å². The van der Waals surface area contributed by atoms with Gasteiger partial charge in [-0.25, -0.2) is 0 Å². The Kier molecular flexibility index (Phi) is 6.36. The summed E-state index contributed by atoms with van der Waals surface area (Å²) in [5.41, 5.74) is 2.24. The van der Waals surface area contributed by atoms with E-state index in [1.807, 2.05) is 36.5 Å². The van der Waals surface area contributed by atoms with Gasteiger partial charge in [0.2, 0.25) is 0 Å². The fraction of sp³-hybridized carbons (Fsp3) is 0.350. The molecule has 0 saturated carbocycles. The van der Waals surface area contributed by atoms with E-state index in [1.54, 1.807) is 19.1 Å². The van der Waals surface area contributed by atoms with Crippen LogP contribution in [0.15, 0.2) is 47.6 Å². The second-order valence-electron chi connectivity index (χ2n) is 6.33. The summed E-state index contributed by atoms with van der Waals surface area (Å²) in [5.74, 6) is 1.43. The molecule has 26 heavy (non-hydrogen) atoms. The molecule has 0 aromatic heterocycles. The number of halogens is 1. The van der Waals surface area contributed by atoms with Crippen molar-refractivity contribution in [2.75, 3.05) is 40.4 Å². The summed E-state index contributed by atoms with van der Waals surface area (Å²) in [5, 5.41) is 7.54. The van der Waals surface area contributed by atoms with Crippen LogP contribution >= 0.6 is 11.6 Å². The molecule has 0 radical (unpaired) electrons. The predicted octanol–water partition coefficient (Wildman–Crippen LogP) is 2.09. The smallest absolute Gasteiger partial charge is 0.169 e. The Balaban J connectivity index is 1.55. The van der Waals surface area contributed by atoms with Crippen LogP contribution in [0.3, 0.4) is 0 Å². The zero-order valence-electron chi connectivity index (χ0n) is 15.2. The van der Waals surface area contributed by atoms with Crippen LogP contribution in [-0.2, 0) is 6.54 Å². The molecule has 0 atom stereocenters. The first-order chi connectivity index (χ1) is 12.7. The Bertz CT molecular complexity index is 741. The summed E-state index contributed by atoms with van der Waals surface area (Å²) in [6, 6.07) is 13.9. The van der Waals surface area contributed by atoms with Crippen LogP contribution in [0.4, 0.5) is 0 Å². The maximum Gasteiger partial charge on any atom is 0.169 e. The normalized spacial score (nSPS) is 15.4. The van der Waals surface area contributed by atoms with Crippen LogP contribution < -0.4 is 14.4 Å². The molecule has 1 saturated heterocycles. The Morgan fingerprint density at radius 2 is 1.81 bits per heavy atom. The first-order valence-electron chi connectivity index (χ1n) is 8.77. The van der Waals surface area contributed by atoms with E-state index in [2.05, 4.69) is 22.2 Å². The van der Waals surface area contributed by atoms with Crippen LogP contribution in [0.5, 0.6) is 11.5 Å². The number of hydrazone groups is 1. The highest BCUT2D eigenvalue weighted by Crippen LogP contribution is 2.29. The topological polar surface area (TPSA) is 38.5 Å². The van der Waals surface area contributed by atoms with Crippen molar-refractivity contribution >= 4 is 17.8 Å². The van der Waals surface area contributed by atoms with E-state index < -0.39 is 0 Å². The van der Waals surface area contributed by atoms with Gasteiger partial charge in [0.05, 0.1) is 46.6 Å². The summed E-state index contributed by atoms with van der Waals surface area (Å²) in [7, 11) is 3.29. The maximum atomic E-state index is 5.95. The van der Waals surface area contributed by atoms with E-state index in [-0.39, 0.29) is 0 Å². The van der Waals surface area contributed by atoms with Gasteiger partial charge in [-0.05, 0) is 24.3 Å². The predicted molar refractivity (Wildman–Crippen MR) is 105 cm³/mol. The minimum atomic E-state index is 0.714. The Labute approximate surface area is 159 Å². The van der Waals surface area contributed by atoms with E-state index >= 15 is 0 Å². The molecule has 0 spiro atoms. The largest absolute Gasteiger partial charge is 0.493 e. The Hall–Kier alpha value is -2.24. The summed E-state index contributed by atoms with van der Waals surface area (Å²) in [6.45, 7) is 5.03. The number of nitrogens with zero attached hydrogens (tertiary/aromatic N) is 2. The molecular formula is C20H25ClN3O2+. The molecule has 1 fully saturated rings. The zero-order valence-corrected chi connectivity index (χ0v) is 16.0. The zero-order chi connectivity index (χ0) is 18.4. The SMILES string of the molecule is COc1cccc(C=NN2CC[NH+](Cc3ccc(Cl)cc3)CC2)c1OC. The second-order valence-corrected chi connectivity index (χ2v) is 6.77. The number of benzene rings is 2. The average molecular weight is 375 g/mol. The number of para-hydroxylation sites is 1. The minimum absolute atomic E-state index is 0.714. The molecule has 3 rings (SSSR count). The van der Waals surface area contributed by atoms with Crippen LogP contribution in [0.1, 0.15) is 11.1 Å². The third kappa shape index (κ3) is 4.68. The summed E-state index contributed by atoms with van der Waals surface area (Å²) in [4.78, 5) is 1.57. The quantitative estimate of drug-likeness (QED) is 0.787. The van der Waals surface area contributed by atoms with Crippen molar-refractivity contribution in [3.05, 3.63) is 58.6 Å². The van der Waals surface area contributed by atoms with E-state index in [0.717, 1.165) is 43.3 Å². The van der Waals surface area contributed by atoms with Crippen molar-refractivity contribution in [3.8, 4) is 11.5 Å². The van der Waals surface area contributed by atoms with Gasteiger partial charge in [0.15, 0.2) is 11.5 Å². The van der Waals surface area contributed by atoms with Crippen molar-refractivity contribution < 1.29 is 14.4 Å². The lowest BCUT2D eigenvalue weighted by molar-refractivity contribution is -0.918. The van der Waals surface area contributed by atoms with Crippen molar-refractivity contribution in [1.82, 2.24) is 5.01 Å². The molecule has 1 aliphatic rings. The highest BCUT2D eigenvalue weighted by Gasteiger charge is 2.19. The van der Waals surface area contributed by atoms with Gasteiger partial charge in [-0.2, -0.15) is 5.10 Å². The molecule has 0 aliphatic carbocycles. The van der Waals surface area contributed by atoms with Gasteiger partial charge in [0.25, 0.3) is 0 Å². The lowest BCUT2D eigenvalue weighted by atomic mass is 10.2. The first-order valence-corrected chi connectivity index (χ1v) is 9.15. The molecule has 2 aromatic rings. The highest BCUT2D eigenvalue weighted by molar-refractivity contribution is 6.30. The second kappa shape index (κ2) is 8.92. The number of hydrogen-bond acceptors (Lipinski definition) is 4. The molecule has 1 heterocycles. The number of rotatable bonds is 6. The maximum absolute atomic E-state index is 5.95. The number of nitrogens with one attached hydrogen (secondary N) is 1. The number of hydrogen-bond donors (Lipinski definition) is 1. The molecule has 1 aliphatic heterocycles. The van der Waals surface area contributed by atoms with Gasteiger partial charge in [-0.15, -0.1) is 0 Å². The van der Waals surface area contributed by atoms with Gasteiger partial charge < -0.3 is 14.4 Å². The Morgan fingerprint density at radius 1 is 1.08 bits per heavy atom. The fourth-order valence-electron chi connectivity index (χ4n) is 3.15. The van der Waals surface area contributed by atoms with Gasteiger partial charge >= 0.3 is 0 Å². The standard InChI is InChI=1S/C20H24ClN3O2/c1-25-19-5-3-4-17(20(19)26-2)14-22-24-12-10-23(11-13-24)15-16-6-8-18(21)9-7-16/h3-9,14H,10-13,15H2,1-2H3/p+1. The van der Waals surface area contributed by atoms with Gasteiger partial charge in [0, 0.05) is 16.1 Å². The van der Waals surface area contributed by atoms with E-state index in [0.29, 0.717) is 11.5 Å². The molecule has 0 amide bonds. The van der Waals surface area contributed by atoms with Crippen molar-refractivity contribution in [2.45, 2.75) is 6.54 Å². The molecule has 5 nitrogen and oxygen atoms in total. The van der Waals surface area contributed by atoms with Crippen molar-refractivity contribution in [1.29, 1.82) is 0 Å². The highest BCUT2D eigenvalue weighted by atomic mass is 35.5.